The van der Waals surface area contributed by atoms with Gasteiger partial charge in [-0.05, 0) is 70.6 Å². The highest BCUT2D eigenvalue weighted by Gasteiger charge is 2.19. The SMILES string of the molecule is CC/C=C\C/C=C\C/C=C\CCCCCCCCCC(=O)OC(COC(=O)CCCCCCC/C=C\CCCC)COC(=O)CCCCCCCCCCCCCCCCCCCCCC. The highest BCUT2D eigenvalue weighted by atomic mass is 16.6. The molecule has 0 aromatic heterocycles. The van der Waals surface area contributed by atoms with Gasteiger partial charge in [0.25, 0.3) is 0 Å². The van der Waals surface area contributed by atoms with Gasteiger partial charge in [0, 0.05) is 19.3 Å². The van der Waals surface area contributed by atoms with Crippen molar-refractivity contribution in [2.75, 3.05) is 13.2 Å². The van der Waals surface area contributed by atoms with Gasteiger partial charge in [0.2, 0.25) is 0 Å². The first-order valence-electron chi connectivity index (χ1n) is 28.6. The standard InChI is InChI=1S/C60H108O6/c1-4-7-10-13-16-19-22-24-26-28-29-30-32-33-35-38-41-44-47-50-53-59(62)65-56-57(55-64-58(61)52-49-46-43-40-37-21-18-15-12-9-6-3)66-60(63)54-51-48-45-42-39-36-34-31-27-25-23-20-17-14-11-8-5-2/h8,11,15,17-18,20,25,27,57H,4-7,9-10,12-14,16,19,21-24,26,28-56H2,1-3H3/b11-8-,18-15-,20-17-,27-25-. The average molecular weight is 926 g/mol. The topological polar surface area (TPSA) is 78.9 Å². The number of hydrogen-bond donors (Lipinski definition) is 0. The Morgan fingerprint density at radius 1 is 0.318 bits per heavy atom. The van der Waals surface area contributed by atoms with Crippen molar-refractivity contribution >= 4 is 17.9 Å². The van der Waals surface area contributed by atoms with Crippen LogP contribution >= 0.6 is 0 Å². The van der Waals surface area contributed by atoms with Crippen molar-refractivity contribution in [2.24, 2.45) is 0 Å². The molecule has 66 heavy (non-hydrogen) atoms. The monoisotopic (exact) mass is 925 g/mol. The molecule has 0 heterocycles. The normalized spacial score (nSPS) is 12.3. The summed E-state index contributed by atoms with van der Waals surface area (Å²) in [4.78, 5) is 38.1. The number of carbonyl (C=O) groups excluding carboxylic acids is 3. The minimum atomic E-state index is -0.779. The zero-order chi connectivity index (χ0) is 47.9. The highest BCUT2D eigenvalue weighted by molar-refractivity contribution is 5.71. The third-order valence-corrected chi connectivity index (χ3v) is 12.6. The lowest BCUT2D eigenvalue weighted by Crippen LogP contribution is -2.30. The van der Waals surface area contributed by atoms with E-state index in [0.29, 0.717) is 19.3 Å². The molecule has 0 N–H and O–H groups in total. The summed E-state index contributed by atoms with van der Waals surface area (Å²) in [6.07, 6.45) is 66.8. The fourth-order valence-electron chi connectivity index (χ4n) is 8.26. The second-order valence-electron chi connectivity index (χ2n) is 19.2. The molecule has 1 atom stereocenters. The van der Waals surface area contributed by atoms with Crippen LogP contribution in [0.25, 0.3) is 0 Å². The molecule has 0 aromatic rings. The number of allylic oxidation sites excluding steroid dienone is 8. The van der Waals surface area contributed by atoms with E-state index in [-0.39, 0.29) is 31.1 Å². The van der Waals surface area contributed by atoms with E-state index in [0.717, 1.165) is 89.9 Å². The molecule has 0 saturated carbocycles. The van der Waals surface area contributed by atoms with E-state index >= 15 is 0 Å². The summed E-state index contributed by atoms with van der Waals surface area (Å²) >= 11 is 0. The molecule has 6 nitrogen and oxygen atoms in total. The molecule has 0 rings (SSSR count). The van der Waals surface area contributed by atoms with Crippen molar-refractivity contribution < 1.29 is 28.6 Å². The number of unbranched alkanes of at least 4 members (excludes halogenated alkanes) is 33. The maximum Gasteiger partial charge on any atom is 0.306 e. The van der Waals surface area contributed by atoms with Crippen LogP contribution in [0.3, 0.4) is 0 Å². The van der Waals surface area contributed by atoms with Gasteiger partial charge >= 0.3 is 17.9 Å². The van der Waals surface area contributed by atoms with Crippen LogP contribution in [0.5, 0.6) is 0 Å². The summed E-state index contributed by atoms with van der Waals surface area (Å²) in [6, 6.07) is 0. The molecular weight excluding hydrogens is 817 g/mol. The van der Waals surface area contributed by atoms with Crippen molar-refractivity contribution in [1.82, 2.24) is 0 Å². The van der Waals surface area contributed by atoms with Crippen molar-refractivity contribution in [3.63, 3.8) is 0 Å². The molecule has 0 amide bonds. The highest BCUT2D eigenvalue weighted by Crippen LogP contribution is 2.17. The molecule has 0 aliphatic carbocycles. The molecule has 0 aromatic carbocycles. The number of carbonyl (C=O) groups is 3. The Balaban J connectivity index is 4.30. The van der Waals surface area contributed by atoms with E-state index in [1.54, 1.807) is 0 Å². The van der Waals surface area contributed by atoms with Gasteiger partial charge in [0.15, 0.2) is 6.10 Å². The van der Waals surface area contributed by atoms with E-state index in [1.807, 2.05) is 0 Å². The zero-order valence-electron chi connectivity index (χ0n) is 44.0. The third-order valence-electron chi connectivity index (χ3n) is 12.6. The minimum absolute atomic E-state index is 0.0769. The Labute approximate surface area is 409 Å². The van der Waals surface area contributed by atoms with Crippen LogP contribution in [0.1, 0.15) is 297 Å². The Morgan fingerprint density at radius 2 is 0.606 bits per heavy atom. The maximum atomic E-state index is 12.8. The van der Waals surface area contributed by atoms with Crippen LogP contribution < -0.4 is 0 Å². The first-order valence-corrected chi connectivity index (χ1v) is 28.6. The smallest absolute Gasteiger partial charge is 0.306 e. The van der Waals surface area contributed by atoms with Crippen molar-refractivity contribution in [2.45, 2.75) is 303 Å². The predicted octanol–water partition coefficient (Wildman–Crippen LogP) is 19.0. The molecule has 0 fully saturated rings. The van der Waals surface area contributed by atoms with Crippen LogP contribution in [0.15, 0.2) is 48.6 Å². The van der Waals surface area contributed by atoms with Crippen LogP contribution in [0.4, 0.5) is 0 Å². The van der Waals surface area contributed by atoms with Gasteiger partial charge in [0.1, 0.15) is 13.2 Å². The zero-order valence-corrected chi connectivity index (χ0v) is 44.0. The summed E-state index contributed by atoms with van der Waals surface area (Å²) in [5.74, 6) is -0.884. The predicted molar refractivity (Wildman–Crippen MR) is 284 cm³/mol. The van der Waals surface area contributed by atoms with Gasteiger partial charge < -0.3 is 14.2 Å². The van der Waals surface area contributed by atoms with Gasteiger partial charge in [-0.1, -0.05) is 256 Å². The molecule has 6 heteroatoms. The second kappa shape index (κ2) is 55.0. The Hall–Kier alpha value is -2.63. The van der Waals surface area contributed by atoms with E-state index in [9.17, 15) is 14.4 Å². The van der Waals surface area contributed by atoms with E-state index in [1.165, 1.54) is 167 Å². The summed E-state index contributed by atoms with van der Waals surface area (Å²) in [5.41, 5.74) is 0. The Bertz CT molecular complexity index is 1150. The molecule has 0 aliphatic rings. The van der Waals surface area contributed by atoms with E-state index in [2.05, 4.69) is 69.4 Å². The van der Waals surface area contributed by atoms with Crippen molar-refractivity contribution in [1.29, 1.82) is 0 Å². The van der Waals surface area contributed by atoms with Gasteiger partial charge in [-0.15, -0.1) is 0 Å². The molecule has 1 unspecified atom stereocenters. The van der Waals surface area contributed by atoms with Crippen LogP contribution in [0, 0.1) is 0 Å². The summed E-state index contributed by atoms with van der Waals surface area (Å²) in [7, 11) is 0. The summed E-state index contributed by atoms with van der Waals surface area (Å²) < 4.78 is 16.8. The van der Waals surface area contributed by atoms with Crippen molar-refractivity contribution in [3.8, 4) is 0 Å². The lowest BCUT2D eigenvalue weighted by atomic mass is 10.0. The van der Waals surface area contributed by atoms with Gasteiger partial charge in [-0.25, -0.2) is 0 Å². The number of hydrogen-bond acceptors (Lipinski definition) is 6. The fourth-order valence-corrected chi connectivity index (χ4v) is 8.26. The van der Waals surface area contributed by atoms with Crippen molar-refractivity contribution in [3.05, 3.63) is 48.6 Å². The second-order valence-corrected chi connectivity index (χ2v) is 19.2. The largest absolute Gasteiger partial charge is 0.462 e. The van der Waals surface area contributed by atoms with Crippen LogP contribution in [0.2, 0.25) is 0 Å². The summed E-state index contributed by atoms with van der Waals surface area (Å²) in [6.45, 7) is 6.51. The lowest BCUT2D eigenvalue weighted by molar-refractivity contribution is -0.167. The molecule has 0 saturated heterocycles. The fraction of sp³-hybridized carbons (Fsp3) is 0.817. The lowest BCUT2D eigenvalue weighted by Gasteiger charge is -2.18. The maximum absolute atomic E-state index is 12.8. The van der Waals surface area contributed by atoms with E-state index < -0.39 is 6.10 Å². The first-order chi connectivity index (χ1) is 32.5. The first kappa shape index (κ1) is 63.4. The quantitative estimate of drug-likeness (QED) is 0.0262. The minimum Gasteiger partial charge on any atom is -0.462 e. The molecule has 0 aliphatic heterocycles. The number of esters is 3. The van der Waals surface area contributed by atoms with Crippen LogP contribution in [-0.2, 0) is 28.6 Å². The van der Waals surface area contributed by atoms with Gasteiger partial charge in [-0.3, -0.25) is 14.4 Å². The van der Waals surface area contributed by atoms with Gasteiger partial charge in [0.05, 0.1) is 0 Å². The van der Waals surface area contributed by atoms with Crippen LogP contribution in [-0.4, -0.2) is 37.2 Å². The third kappa shape index (κ3) is 52.3. The van der Waals surface area contributed by atoms with Gasteiger partial charge in [-0.2, -0.15) is 0 Å². The van der Waals surface area contributed by atoms with E-state index in [4.69, 9.17) is 14.2 Å². The molecule has 0 radical (unpaired) electrons. The summed E-state index contributed by atoms with van der Waals surface area (Å²) in [5, 5.41) is 0. The average Bonchev–Trinajstić information content (AvgIpc) is 3.31. The molecular formula is C60H108O6. The molecule has 0 bridgehead atoms. The Kier molecular flexibility index (Phi) is 52.8. The Morgan fingerprint density at radius 3 is 0.985 bits per heavy atom. The number of ether oxygens (including phenoxy) is 3. The molecule has 384 valence electrons. The number of rotatable bonds is 52. The molecule has 0 spiro atoms.